The predicted octanol–water partition coefficient (Wildman–Crippen LogP) is 3.58. The lowest BCUT2D eigenvalue weighted by molar-refractivity contribution is 0.210. The summed E-state index contributed by atoms with van der Waals surface area (Å²) < 4.78 is 32.6. The Morgan fingerprint density at radius 3 is 1.50 bits per heavy atom. The van der Waals surface area contributed by atoms with Gasteiger partial charge < -0.3 is 44.4 Å². The molecule has 0 saturated carbocycles. The van der Waals surface area contributed by atoms with Crippen LogP contribution >= 0.6 is 15.9 Å². The van der Waals surface area contributed by atoms with Gasteiger partial charge in [-0.2, -0.15) is 19.9 Å². The molecular formula is C31H47BrN10O6. The van der Waals surface area contributed by atoms with E-state index in [0.717, 1.165) is 74.4 Å². The first kappa shape index (κ1) is 36.9. The maximum absolute atomic E-state index is 5.78. The number of anilines is 2. The molecule has 2 saturated heterocycles. The van der Waals surface area contributed by atoms with Crippen molar-refractivity contribution >= 4 is 27.8 Å². The molecule has 2 aromatic heterocycles. The van der Waals surface area contributed by atoms with Gasteiger partial charge in [0.1, 0.15) is 16.0 Å². The van der Waals surface area contributed by atoms with E-state index in [1.807, 2.05) is 13.8 Å². The van der Waals surface area contributed by atoms with Crippen molar-refractivity contribution in [3.05, 3.63) is 22.2 Å². The third-order valence-electron chi connectivity index (χ3n) is 7.58. The lowest BCUT2D eigenvalue weighted by atomic mass is 10.0. The van der Waals surface area contributed by atoms with Gasteiger partial charge in [0, 0.05) is 31.7 Å². The SMILES string of the molecule is CCOc1cc(CN2CCC(Nc3nc(OC)nc(OC)n3)CC2)cc(OCC)c1Br.COc1nc(NC2CCNCC2)nc(OC)n1. The van der Waals surface area contributed by atoms with Crippen LogP contribution in [0.1, 0.15) is 45.1 Å². The summed E-state index contributed by atoms with van der Waals surface area (Å²) in [6, 6.07) is 5.81. The van der Waals surface area contributed by atoms with E-state index in [9.17, 15) is 0 Å². The lowest BCUT2D eigenvalue weighted by Crippen LogP contribution is -2.39. The average Bonchev–Trinajstić information content (AvgIpc) is 3.11. The summed E-state index contributed by atoms with van der Waals surface area (Å²) >= 11 is 3.60. The van der Waals surface area contributed by atoms with Crippen LogP contribution < -0.4 is 44.4 Å². The number of benzene rings is 1. The van der Waals surface area contributed by atoms with Gasteiger partial charge in [0.05, 0.1) is 41.7 Å². The van der Waals surface area contributed by atoms with Crippen LogP contribution in [-0.2, 0) is 6.54 Å². The molecule has 3 aromatic rings. The Bertz CT molecular complexity index is 1360. The van der Waals surface area contributed by atoms with E-state index in [2.05, 4.69) is 78.8 Å². The highest BCUT2D eigenvalue weighted by Crippen LogP contribution is 2.36. The summed E-state index contributed by atoms with van der Waals surface area (Å²) in [5.41, 5.74) is 1.17. The first-order valence-electron chi connectivity index (χ1n) is 16.1. The molecule has 4 heterocycles. The molecule has 0 aliphatic carbocycles. The number of halogens is 1. The van der Waals surface area contributed by atoms with Crippen LogP contribution in [0, 0.1) is 0 Å². The number of hydrogen-bond donors (Lipinski definition) is 3. The maximum atomic E-state index is 5.78. The minimum absolute atomic E-state index is 0.234. The standard InChI is InChI=1S/C21H30BrN5O4.C10H17N5O2/c1-5-30-16-11-14(12-17(18(16)22)31-6-2)13-27-9-7-15(8-10-27)23-19-24-20(28-3)26-21(25-19)29-4;1-16-9-13-8(14-10(15-9)17-2)12-7-3-5-11-6-4-7/h11-12,15H,5-10,13H2,1-4H3,(H,23,24,25,26);7,11H,3-6H2,1-2H3,(H,12,13,14,15). The Balaban J connectivity index is 0.000000257. The Hall–Kier alpha value is -3.96. The van der Waals surface area contributed by atoms with E-state index in [-0.39, 0.29) is 30.1 Å². The minimum Gasteiger partial charge on any atom is -0.493 e. The maximum Gasteiger partial charge on any atom is 0.324 e. The molecule has 17 heteroatoms. The number of ether oxygens (including phenoxy) is 6. The summed E-state index contributed by atoms with van der Waals surface area (Å²) in [4.78, 5) is 27.2. The second-order valence-corrected chi connectivity index (χ2v) is 11.7. The number of nitrogens with one attached hydrogen (secondary N) is 3. The van der Waals surface area contributed by atoms with Crippen LogP contribution in [-0.4, -0.2) is 115 Å². The van der Waals surface area contributed by atoms with Crippen LogP contribution in [0.3, 0.4) is 0 Å². The van der Waals surface area contributed by atoms with Crippen molar-refractivity contribution in [2.45, 2.75) is 58.2 Å². The highest BCUT2D eigenvalue weighted by atomic mass is 79.9. The molecule has 0 atom stereocenters. The molecule has 2 aliphatic heterocycles. The molecule has 0 bridgehead atoms. The normalized spacial score (nSPS) is 15.5. The molecule has 0 radical (unpaired) electrons. The molecular weight excluding hydrogens is 688 g/mol. The van der Waals surface area contributed by atoms with Gasteiger partial charge in [-0.1, -0.05) is 0 Å². The number of rotatable bonds is 14. The zero-order valence-corrected chi connectivity index (χ0v) is 30.1. The average molecular weight is 736 g/mol. The van der Waals surface area contributed by atoms with Gasteiger partial charge >= 0.3 is 24.0 Å². The van der Waals surface area contributed by atoms with Crippen molar-refractivity contribution in [1.29, 1.82) is 0 Å². The summed E-state index contributed by atoms with van der Waals surface area (Å²) in [7, 11) is 6.08. The second-order valence-electron chi connectivity index (χ2n) is 10.9. The van der Waals surface area contributed by atoms with Crippen LogP contribution in [0.4, 0.5) is 11.9 Å². The van der Waals surface area contributed by atoms with Gasteiger partial charge in [0.25, 0.3) is 0 Å². The molecule has 3 N–H and O–H groups in total. The molecule has 0 amide bonds. The highest BCUT2D eigenvalue weighted by molar-refractivity contribution is 9.10. The van der Waals surface area contributed by atoms with Crippen molar-refractivity contribution in [3.8, 4) is 35.5 Å². The number of aromatic nitrogens is 6. The van der Waals surface area contributed by atoms with E-state index in [1.165, 1.54) is 34.0 Å². The first-order chi connectivity index (χ1) is 23.4. The van der Waals surface area contributed by atoms with Gasteiger partial charge in [-0.25, -0.2) is 0 Å². The molecule has 2 aliphatic rings. The molecule has 48 heavy (non-hydrogen) atoms. The zero-order valence-electron chi connectivity index (χ0n) is 28.5. The topological polar surface area (TPSA) is 172 Å². The molecule has 5 rings (SSSR count). The molecule has 264 valence electrons. The Morgan fingerprint density at radius 2 is 1.10 bits per heavy atom. The fourth-order valence-corrected chi connectivity index (χ4v) is 5.69. The van der Waals surface area contributed by atoms with E-state index >= 15 is 0 Å². The summed E-state index contributed by atoms with van der Waals surface area (Å²) in [6.07, 6.45) is 4.06. The van der Waals surface area contributed by atoms with E-state index in [0.29, 0.717) is 31.2 Å². The third kappa shape index (κ3) is 11.1. The van der Waals surface area contributed by atoms with Crippen molar-refractivity contribution < 1.29 is 28.4 Å². The van der Waals surface area contributed by atoms with Crippen molar-refractivity contribution in [3.63, 3.8) is 0 Å². The fourth-order valence-electron chi connectivity index (χ4n) is 5.23. The smallest absolute Gasteiger partial charge is 0.324 e. The summed E-state index contributed by atoms with van der Waals surface area (Å²) in [5.74, 6) is 2.61. The van der Waals surface area contributed by atoms with Crippen molar-refractivity contribution in [1.82, 2.24) is 40.1 Å². The van der Waals surface area contributed by atoms with E-state index in [4.69, 9.17) is 28.4 Å². The van der Waals surface area contributed by atoms with E-state index in [1.54, 1.807) is 0 Å². The van der Waals surface area contributed by atoms with E-state index < -0.39 is 0 Å². The van der Waals surface area contributed by atoms with Gasteiger partial charge in [-0.05, 0) is 86.2 Å². The highest BCUT2D eigenvalue weighted by Gasteiger charge is 2.22. The minimum atomic E-state index is 0.234. The van der Waals surface area contributed by atoms with Gasteiger partial charge in [-0.15, -0.1) is 9.97 Å². The number of piperidine rings is 2. The Morgan fingerprint density at radius 1 is 0.688 bits per heavy atom. The molecule has 1 aromatic carbocycles. The van der Waals surface area contributed by atoms with Crippen LogP contribution in [0.2, 0.25) is 0 Å². The third-order valence-corrected chi connectivity index (χ3v) is 8.37. The lowest BCUT2D eigenvalue weighted by Gasteiger charge is -2.32. The zero-order chi connectivity index (χ0) is 34.3. The summed E-state index contributed by atoms with van der Waals surface area (Å²) in [5, 5.41) is 9.95. The van der Waals surface area contributed by atoms with Crippen LogP contribution in [0.15, 0.2) is 16.6 Å². The quantitative estimate of drug-likeness (QED) is 0.219. The van der Waals surface area contributed by atoms with Gasteiger partial charge in [0.15, 0.2) is 0 Å². The van der Waals surface area contributed by atoms with Gasteiger partial charge in [-0.3, -0.25) is 4.90 Å². The predicted molar refractivity (Wildman–Crippen MR) is 184 cm³/mol. The van der Waals surface area contributed by atoms with Gasteiger partial charge in [0.2, 0.25) is 11.9 Å². The number of hydrogen-bond acceptors (Lipinski definition) is 16. The summed E-state index contributed by atoms with van der Waals surface area (Å²) in [6.45, 7) is 9.96. The van der Waals surface area contributed by atoms with Crippen molar-refractivity contribution in [2.24, 2.45) is 0 Å². The Kier molecular flexibility index (Phi) is 14.7. The van der Waals surface area contributed by atoms with Crippen LogP contribution in [0.25, 0.3) is 0 Å². The number of likely N-dealkylation sites (tertiary alicyclic amines) is 1. The molecule has 16 nitrogen and oxygen atoms in total. The second kappa shape index (κ2) is 19.1. The van der Waals surface area contributed by atoms with Crippen LogP contribution in [0.5, 0.6) is 35.5 Å². The monoisotopic (exact) mass is 734 g/mol. The molecule has 2 fully saturated rings. The Labute approximate surface area is 290 Å². The fraction of sp³-hybridized carbons (Fsp3) is 0.613. The van der Waals surface area contributed by atoms with Crippen molar-refractivity contribution in [2.75, 3.05) is 78.5 Å². The number of methoxy groups -OCH3 is 4. The number of nitrogens with zero attached hydrogens (tertiary/aromatic N) is 7. The largest absolute Gasteiger partial charge is 0.493 e. The molecule has 0 spiro atoms. The first-order valence-corrected chi connectivity index (χ1v) is 16.9. The molecule has 0 unspecified atom stereocenters.